The Bertz CT molecular complexity index is 1280. The van der Waals surface area contributed by atoms with Gasteiger partial charge in [0, 0.05) is 68.5 Å². The Morgan fingerprint density at radius 2 is 1.82 bits per heavy atom. The predicted molar refractivity (Wildman–Crippen MR) is 151 cm³/mol. The van der Waals surface area contributed by atoms with Crippen LogP contribution in [-0.2, 0) is 4.79 Å². The smallest absolute Gasteiger partial charge is 0.305 e. The van der Waals surface area contributed by atoms with Gasteiger partial charge in [0.15, 0.2) is 0 Å². The Hall–Kier alpha value is -4.01. The first-order valence-electron chi connectivity index (χ1n) is 13.9. The average Bonchev–Trinajstić information content (AvgIpc) is 3.38. The van der Waals surface area contributed by atoms with E-state index in [9.17, 15) is 14.3 Å². The quantitative estimate of drug-likeness (QED) is 0.354. The topological polar surface area (TPSA) is 84.4 Å². The summed E-state index contributed by atoms with van der Waals surface area (Å²) in [4.78, 5) is 20.2. The van der Waals surface area contributed by atoms with E-state index in [0.29, 0.717) is 43.6 Å². The number of carboxylic acid groups (broad SMARTS) is 1. The van der Waals surface area contributed by atoms with Gasteiger partial charge in [0.2, 0.25) is 5.88 Å². The number of halogens is 1. The third-order valence-electron chi connectivity index (χ3n) is 7.75. The zero-order chi connectivity index (χ0) is 28.1. The maximum absolute atomic E-state index is 14.5. The highest BCUT2D eigenvalue weighted by molar-refractivity contribution is 5.69. The number of anilines is 2. The molecule has 5 rings (SSSR count). The lowest BCUT2D eigenvalue weighted by molar-refractivity contribution is -0.137. The molecule has 9 heteroatoms. The van der Waals surface area contributed by atoms with E-state index < -0.39 is 5.97 Å². The summed E-state index contributed by atoms with van der Waals surface area (Å²) in [6.45, 7) is 4.56. The Labute approximate surface area is 234 Å². The number of carbonyl (C=O) groups is 1. The summed E-state index contributed by atoms with van der Waals surface area (Å²) in [5.74, 6) is 1.14. The van der Waals surface area contributed by atoms with Gasteiger partial charge in [-0.1, -0.05) is 6.07 Å². The lowest BCUT2D eigenvalue weighted by Crippen LogP contribution is -2.38. The Balaban J connectivity index is 1.20. The molecule has 2 aliphatic rings. The number of ether oxygens (including phenoxy) is 3. The van der Waals surface area contributed by atoms with Crippen molar-refractivity contribution in [1.29, 1.82) is 0 Å². The second-order valence-corrected chi connectivity index (χ2v) is 10.3. The number of hydrogen-bond donors (Lipinski definition) is 1. The standard InChI is InChI=1S/C31H36FN3O5/c1-3-39-27-9-10-28(32)29(18-27)34-14-12-26(13-15-34)40-25-7-5-23(6-8-25)35-20-22(16-24(35)17-31(36)37)21-4-11-30(38-2)33-19-21/h4-11,18-19,22,24,26H,3,12-17,20H2,1-2H3,(H,36,37)/t22-,24-/m1/s1. The van der Waals surface area contributed by atoms with Gasteiger partial charge in [-0.25, -0.2) is 9.37 Å². The number of aliphatic carboxylic acids is 1. The molecule has 1 N–H and O–H groups in total. The van der Waals surface area contributed by atoms with Gasteiger partial charge < -0.3 is 29.1 Å². The molecule has 2 atom stereocenters. The fourth-order valence-corrected chi connectivity index (χ4v) is 5.74. The first kappa shape index (κ1) is 27.6. The summed E-state index contributed by atoms with van der Waals surface area (Å²) < 4.78 is 31.5. The van der Waals surface area contributed by atoms with E-state index in [1.54, 1.807) is 19.2 Å². The van der Waals surface area contributed by atoms with Crippen LogP contribution in [0.5, 0.6) is 17.4 Å². The molecule has 0 saturated carbocycles. The monoisotopic (exact) mass is 549 g/mol. The van der Waals surface area contributed by atoms with Crippen molar-refractivity contribution in [3.8, 4) is 17.4 Å². The lowest BCUT2D eigenvalue weighted by atomic mass is 9.97. The number of benzene rings is 2. The number of rotatable bonds is 10. The molecule has 3 heterocycles. The SMILES string of the molecule is CCOc1ccc(F)c(N2CCC(Oc3ccc(N4C[C@H](c5ccc(OC)nc5)C[C@@H]4CC(=O)O)cc3)CC2)c1. The molecule has 3 aromatic rings. The number of aromatic nitrogens is 1. The molecule has 0 radical (unpaired) electrons. The van der Waals surface area contributed by atoms with Crippen LogP contribution >= 0.6 is 0 Å². The highest BCUT2D eigenvalue weighted by Crippen LogP contribution is 2.37. The average molecular weight is 550 g/mol. The van der Waals surface area contributed by atoms with Gasteiger partial charge >= 0.3 is 5.97 Å². The van der Waals surface area contributed by atoms with Crippen LogP contribution < -0.4 is 24.0 Å². The van der Waals surface area contributed by atoms with E-state index in [1.807, 2.05) is 54.4 Å². The van der Waals surface area contributed by atoms with Gasteiger partial charge in [-0.05, 0) is 55.3 Å². The summed E-state index contributed by atoms with van der Waals surface area (Å²) in [6, 6.07) is 16.5. The van der Waals surface area contributed by atoms with Gasteiger partial charge in [-0.2, -0.15) is 0 Å². The van der Waals surface area contributed by atoms with Crippen molar-refractivity contribution >= 4 is 17.3 Å². The van der Waals surface area contributed by atoms with Crippen molar-refractivity contribution in [1.82, 2.24) is 4.98 Å². The van der Waals surface area contributed by atoms with E-state index >= 15 is 0 Å². The summed E-state index contributed by atoms with van der Waals surface area (Å²) in [6.07, 6.45) is 4.24. The summed E-state index contributed by atoms with van der Waals surface area (Å²) in [5.41, 5.74) is 2.62. The number of methoxy groups -OCH3 is 1. The summed E-state index contributed by atoms with van der Waals surface area (Å²) in [5, 5.41) is 9.53. The second-order valence-electron chi connectivity index (χ2n) is 10.3. The van der Waals surface area contributed by atoms with Crippen LogP contribution in [0, 0.1) is 5.82 Å². The first-order chi connectivity index (χ1) is 19.4. The van der Waals surface area contributed by atoms with Crippen molar-refractivity contribution in [2.24, 2.45) is 0 Å². The second kappa shape index (κ2) is 12.4. The molecular weight excluding hydrogens is 513 g/mol. The van der Waals surface area contributed by atoms with Crippen LogP contribution in [0.25, 0.3) is 0 Å². The molecule has 0 spiro atoms. The van der Waals surface area contributed by atoms with Crippen molar-refractivity contribution in [3.05, 3.63) is 72.2 Å². The van der Waals surface area contributed by atoms with Crippen molar-refractivity contribution in [3.63, 3.8) is 0 Å². The highest BCUT2D eigenvalue weighted by atomic mass is 19.1. The van der Waals surface area contributed by atoms with Gasteiger partial charge in [0.05, 0.1) is 25.8 Å². The maximum Gasteiger partial charge on any atom is 0.305 e. The van der Waals surface area contributed by atoms with Gasteiger partial charge in [0.25, 0.3) is 0 Å². The predicted octanol–water partition coefficient (Wildman–Crippen LogP) is 5.51. The van der Waals surface area contributed by atoms with Crippen LogP contribution in [0.1, 0.15) is 44.1 Å². The summed E-state index contributed by atoms with van der Waals surface area (Å²) >= 11 is 0. The molecule has 8 nitrogen and oxygen atoms in total. The molecule has 2 aromatic carbocycles. The summed E-state index contributed by atoms with van der Waals surface area (Å²) in [7, 11) is 1.59. The van der Waals surface area contributed by atoms with Crippen LogP contribution in [-0.4, -0.2) is 61.6 Å². The molecule has 2 aliphatic heterocycles. The largest absolute Gasteiger partial charge is 0.494 e. The van der Waals surface area contributed by atoms with Crippen LogP contribution in [0.4, 0.5) is 15.8 Å². The van der Waals surface area contributed by atoms with E-state index in [1.165, 1.54) is 6.07 Å². The lowest BCUT2D eigenvalue weighted by Gasteiger charge is -2.34. The molecule has 2 fully saturated rings. The third kappa shape index (κ3) is 6.41. The van der Waals surface area contributed by atoms with E-state index in [2.05, 4.69) is 9.88 Å². The molecule has 0 aliphatic carbocycles. The Morgan fingerprint density at radius 1 is 1.07 bits per heavy atom. The zero-order valence-corrected chi connectivity index (χ0v) is 23.0. The number of carboxylic acids is 1. The molecule has 0 amide bonds. The van der Waals surface area contributed by atoms with Gasteiger partial charge in [0.1, 0.15) is 23.4 Å². The third-order valence-corrected chi connectivity index (χ3v) is 7.75. The van der Waals surface area contributed by atoms with Crippen LogP contribution in [0.2, 0.25) is 0 Å². The number of nitrogens with zero attached hydrogens (tertiary/aromatic N) is 3. The fourth-order valence-electron chi connectivity index (χ4n) is 5.74. The Kier molecular flexibility index (Phi) is 8.57. The first-order valence-corrected chi connectivity index (χ1v) is 13.9. The van der Waals surface area contributed by atoms with Crippen LogP contribution in [0.3, 0.4) is 0 Å². The molecule has 0 bridgehead atoms. The number of pyridine rings is 1. The Morgan fingerprint density at radius 3 is 2.48 bits per heavy atom. The van der Waals surface area contributed by atoms with Crippen molar-refractivity contribution in [2.75, 3.05) is 43.2 Å². The number of hydrogen-bond acceptors (Lipinski definition) is 7. The van der Waals surface area contributed by atoms with Crippen LogP contribution in [0.15, 0.2) is 60.8 Å². The van der Waals surface area contributed by atoms with Crippen molar-refractivity contribution in [2.45, 2.75) is 50.7 Å². The molecule has 40 heavy (non-hydrogen) atoms. The number of piperidine rings is 1. The molecule has 1 aromatic heterocycles. The molecule has 2 saturated heterocycles. The fraction of sp³-hybridized carbons (Fsp3) is 0.419. The van der Waals surface area contributed by atoms with Gasteiger partial charge in [-0.15, -0.1) is 0 Å². The highest BCUT2D eigenvalue weighted by Gasteiger charge is 2.34. The minimum absolute atomic E-state index is 0.0405. The van der Waals surface area contributed by atoms with Gasteiger partial charge in [-0.3, -0.25) is 4.79 Å². The molecule has 0 unspecified atom stereocenters. The minimum atomic E-state index is -0.806. The van der Waals surface area contributed by atoms with E-state index in [-0.39, 0.29) is 30.3 Å². The van der Waals surface area contributed by atoms with E-state index in [0.717, 1.165) is 36.3 Å². The molecule has 212 valence electrons. The maximum atomic E-state index is 14.5. The van der Waals surface area contributed by atoms with Crippen molar-refractivity contribution < 1.29 is 28.5 Å². The molecular formula is C31H36FN3O5. The minimum Gasteiger partial charge on any atom is -0.494 e. The zero-order valence-electron chi connectivity index (χ0n) is 23.0. The van der Waals surface area contributed by atoms with E-state index in [4.69, 9.17) is 14.2 Å². The normalized spacial score (nSPS) is 19.5.